The Morgan fingerprint density at radius 3 is 2.67 bits per heavy atom. The first kappa shape index (κ1) is 15.1. The van der Waals surface area contributed by atoms with Crippen LogP contribution in [0, 0.1) is 6.92 Å². The van der Waals surface area contributed by atoms with Gasteiger partial charge in [-0.05, 0) is 6.92 Å². The second-order valence-electron chi connectivity index (χ2n) is 4.05. The molecule has 0 amide bonds. The zero-order valence-corrected chi connectivity index (χ0v) is 11.8. The molecule has 0 aliphatic carbocycles. The topological polar surface area (TPSA) is 53.4 Å². The Morgan fingerprint density at radius 2 is 2.11 bits per heavy atom. The first-order chi connectivity index (χ1) is 8.56. The summed E-state index contributed by atoms with van der Waals surface area (Å²) < 4.78 is 11.7. The lowest BCUT2D eigenvalue weighted by Crippen LogP contribution is -2.10. The predicted octanol–water partition coefficient (Wildman–Crippen LogP) is 1.55. The zero-order chi connectivity index (χ0) is 13.5. The molecule has 0 saturated carbocycles. The molecule has 0 fully saturated rings. The molecule has 0 aliphatic heterocycles. The van der Waals surface area contributed by atoms with Gasteiger partial charge < -0.3 is 9.47 Å². The maximum Gasteiger partial charge on any atom is 0.139 e. The highest BCUT2D eigenvalue weighted by molar-refractivity contribution is 6.30. The van der Waals surface area contributed by atoms with E-state index in [2.05, 4.69) is 5.10 Å². The molecule has 0 unspecified atom stereocenters. The number of carbonyl (C=O) groups is 1. The first-order valence-corrected chi connectivity index (χ1v) is 6.20. The number of hydrogen-bond donors (Lipinski definition) is 0. The monoisotopic (exact) mass is 274 g/mol. The van der Waals surface area contributed by atoms with Crippen molar-refractivity contribution >= 4 is 17.4 Å². The summed E-state index contributed by atoms with van der Waals surface area (Å²) >= 11 is 6.06. The van der Waals surface area contributed by atoms with E-state index in [1.165, 1.54) is 0 Å². The molecule has 0 spiro atoms. The number of carbonyl (C=O) groups excluding carboxylic acids is 1. The normalized spacial score (nSPS) is 10.9. The van der Waals surface area contributed by atoms with Crippen LogP contribution in [0.3, 0.4) is 0 Å². The third-order valence-corrected chi connectivity index (χ3v) is 3.07. The Balaban J connectivity index is 2.36. The van der Waals surface area contributed by atoms with Crippen molar-refractivity contribution in [2.24, 2.45) is 7.05 Å². The maximum atomic E-state index is 11.8. The molecule has 0 aromatic carbocycles. The third-order valence-electron chi connectivity index (χ3n) is 2.60. The van der Waals surface area contributed by atoms with Gasteiger partial charge in [0.2, 0.25) is 0 Å². The van der Waals surface area contributed by atoms with Crippen LogP contribution in [-0.4, -0.2) is 42.5 Å². The summed E-state index contributed by atoms with van der Waals surface area (Å²) in [4.78, 5) is 11.8. The highest BCUT2D eigenvalue weighted by Gasteiger charge is 2.14. The molecule has 0 N–H and O–H groups in total. The Hall–Kier alpha value is -0.910. The fourth-order valence-electron chi connectivity index (χ4n) is 1.59. The van der Waals surface area contributed by atoms with Gasteiger partial charge in [-0.3, -0.25) is 9.48 Å². The Kier molecular flexibility index (Phi) is 6.32. The third kappa shape index (κ3) is 4.40. The van der Waals surface area contributed by atoms with Gasteiger partial charge in [-0.15, -0.1) is 0 Å². The molecule has 1 heterocycles. The lowest BCUT2D eigenvalue weighted by atomic mass is 10.1. The SMILES string of the molecule is COCCOCCC(=O)Cc1c(C)nn(C)c1Cl. The fourth-order valence-corrected chi connectivity index (χ4v) is 1.83. The average molecular weight is 275 g/mol. The molecule has 0 aliphatic rings. The lowest BCUT2D eigenvalue weighted by Gasteiger charge is -2.03. The largest absolute Gasteiger partial charge is 0.382 e. The molecule has 0 radical (unpaired) electrons. The summed E-state index contributed by atoms with van der Waals surface area (Å²) in [6, 6.07) is 0. The number of Topliss-reactive ketones (excluding diaryl/α,β-unsaturated/α-hetero) is 1. The first-order valence-electron chi connectivity index (χ1n) is 5.82. The summed E-state index contributed by atoms with van der Waals surface area (Å²) in [7, 11) is 3.37. The van der Waals surface area contributed by atoms with E-state index < -0.39 is 0 Å². The van der Waals surface area contributed by atoms with Crippen LogP contribution in [0.25, 0.3) is 0 Å². The van der Waals surface area contributed by atoms with Crippen molar-refractivity contribution in [3.05, 3.63) is 16.4 Å². The minimum absolute atomic E-state index is 0.102. The zero-order valence-electron chi connectivity index (χ0n) is 11.0. The van der Waals surface area contributed by atoms with Crippen LogP contribution in [0.4, 0.5) is 0 Å². The van der Waals surface area contributed by atoms with Crippen LogP contribution in [0.2, 0.25) is 5.15 Å². The van der Waals surface area contributed by atoms with E-state index in [4.69, 9.17) is 21.1 Å². The van der Waals surface area contributed by atoms with Crippen LogP contribution >= 0.6 is 11.6 Å². The van der Waals surface area contributed by atoms with Gasteiger partial charge in [-0.25, -0.2) is 0 Å². The summed E-state index contributed by atoms with van der Waals surface area (Å²) in [6.07, 6.45) is 0.695. The van der Waals surface area contributed by atoms with Gasteiger partial charge in [0, 0.05) is 32.6 Å². The predicted molar refractivity (Wildman–Crippen MR) is 69.0 cm³/mol. The minimum Gasteiger partial charge on any atom is -0.382 e. The minimum atomic E-state index is 0.102. The Labute approximate surface area is 112 Å². The number of nitrogens with zero attached hydrogens (tertiary/aromatic N) is 2. The summed E-state index contributed by atoms with van der Waals surface area (Å²) in [5, 5.41) is 4.70. The van der Waals surface area contributed by atoms with Crippen molar-refractivity contribution in [3.8, 4) is 0 Å². The molecule has 1 aromatic rings. The van der Waals surface area contributed by atoms with E-state index in [1.54, 1.807) is 18.8 Å². The fraction of sp³-hybridized carbons (Fsp3) is 0.667. The quantitative estimate of drug-likeness (QED) is 0.675. The van der Waals surface area contributed by atoms with Crippen molar-refractivity contribution in [1.82, 2.24) is 9.78 Å². The summed E-state index contributed by atoms with van der Waals surface area (Å²) in [6.45, 7) is 3.32. The maximum absolute atomic E-state index is 11.8. The number of halogens is 1. The van der Waals surface area contributed by atoms with Crippen LogP contribution in [0.1, 0.15) is 17.7 Å². The molecular weight excluding hydrogens is 256 g/mol. The standard InChI is InChI=1S/C12H19ClN2O3/c1-9-11(12(13)15(2)14-9)8-10(16)4-5-18-7-6-17-3/h4-8H2,1-3H3. The van der Waals surface area contributed by atoms with E-state index in [1.807, 2.05) is 6.92 Å². The molecule has 0 bridgehead atoms. The molecular formula is C12H19ClN2O3. The number of hydrogen-bond acceptors (Lipinski definition) is 4. The molecule has 18 heavy (non-hydrogen) atoms. The molecule has 102 valence electrons. The summed E-state index contributed by atoms with van der Waals surface area (Å²) in [5.41, 5.74) is 1.61. The highest BCUT2D eigenvalue weighted by atomic mass is 35.5. The molecule has 0 atom stereocenters. The van der Waals surface area contributed by atoms with Crippen LogP contribution in [0.5, 0.6) is 0 Å². The van der Waals surface area contributed by atoms with Gasteiger partial charge in [0.05, 0.1) is 25.5 Å². The number of methoxy groups -OCH3 is 1. The Bertz CT molecular complexity index is 404. The van der Waals surface area contributed by atoms with E-state index in [0.717, 1.165) is 11.3 Å². The second-order valence-corrected chi connectivity index (χ2v) is 4.41. The van der Waals surface area contributed by atoms with Crippen LogP contribution in [-0.2, 0) is 27.7 Å². The Morgan fingerprint density at radius 1 is 1.39 bits per heavy atom. The highest BCUT2D eigenvalue weighted by Crippen LogP contribution is 2.19. The van der Waals surface area contributed by atoms with Gasteiger partial charge >= 0.3 is 0 Å². The van der Waals surface area contributed by atoms with Gasteiger partial charge in [-0.1, -0.05) is 11.6 Å². The van der Waals surface area contributed by atoms with E-state index in [9.17, 15) is 4.79 Å². The van der Waals surface area contributed by atoms with Crippen LogP contribution < -0.4 is 0 Å². The van der Waals surface area contributed by atoms with E-state index in [-0.39, 0.29) is 5.78 Å². The molecule has 5 nitrogen and oxygen atoms in total. The average Bonchev–Trinajstić information content (AvgIpc) is 2.56. The van der Waals surface area contributed by atoms with Gasteiger partial charge in [0.25, 0.3) is 0 Å². The molecule has 0 saturated heterocycles. The van der Waals surface area contributed by atoms with E-state index >= 15 is 0 Å². The molecule has 6 heteroatoms. The number of rotatable bonds is 8. The summed E-state index contributed by atoms with van der Waals surface area (Å²) in [5.74, 6) is 0.102. The second kappa shape index (κ2) is 7.51. The van der Waals surface area contributed by atoms with Crippen molar-refractivity contribution in [1.29, 1.82) is 0 Å². The number of ketones is 1. The molecule has 1 aromatic heterocycles. The smallest absolute Gasteiger partial charge is 0.139 e. The van der Waals surface area contributed by atoms with Crippen LogP contribution in [0.15, 0.2) is 0 Å². The van der Waals surface area contributed by atoms with Crippen molar-refractivity contribution in [2.45, 2.75) is 19.8 Å². The lowest BCUT2D eigenvalue weighted by molar-refractivity contribution is -0.119. The van der Waals surface area contributed by atoms with Gasteiger partial charge in [0.1, 0.15) is 10.9 Å². The molecule has 1 rings (SSSR count). The van der Waals surface area contributed by atoms with Gasteiger partial charge in [-0.2, -0.15) is 5.10 Å². The number of ether oxygens (including phenoxy) is 2. The van der Waals surface area contributed by atoms with Gasteiger partial charge in [0.15, 0.2) is 0 Å². The van der Waals surface area contributed by atoms with Crippen molar-refractivity contribution in [3.63, 3.8) is 0 Å². The number of aromatic nitrogens is 2. The van der Waals surface area contributed by atoms with Crippen molar-refractivity contribution < 1.29 is 14.3 Å². The van der Waals surface area contributed by atoms with E-state index in [0.29, 0.717) is 37.8 Å². The number of aryl methyl sites for hydroxylation is 2. The van der Waals surface area contributed by atoms with Crippen molar-refractivity contribution in [2.75, 3.05) is 26.9 Å².